The molecule has 0 bridgehead atoms. The lowest BCUT2D eigenvalue weighted by atomic mass is 9.74. The predicted octanol–water partition coefficient (Wildman–Crippen LogP) is 3.64. The summed E-state index contributed by atoms with van der Waals surface area (Å²) in [6.07, 6.45) is 2.74. The quantitative estimate of drug-likeness (QED) is 0.746. The van der Waals surface area contributed by atoms with Gasteiger partial charge in [-0.1, -0.05) is 19.8 Å². The Morgan fingerprint density at radius 2 is 1.89 bits per heavy atom. The van der Waals surface area contributed by atoms with Crippen LogP contribution in [-0.4, -0.2) is 24.9 Å². The van der Waals surface area contributed by atoms with E-state index in [0.29, 0.717) is 6.42 Å². The van der Waals surface area contributed by atoms with Gasteiger partial charge in [0, 0.05) is 12.1 Å². The molecule has 108 valence electrons. The van der Waals surface area contributed by atoms with Gasteiger partial charge >= 0.3 is 6.18 Å². The number of alkyl halides is 3. The maximum Gasteiger partial charge on any atom is 0.411 e. The second-order valence-corrected chi connectivity index (χ2v) is 5.51. The summed E-state index contributed by atoms with van der Waals surface area (Å²) in [5.41, 5.74) is 5.90. The van der Waals surface area contributed by atoms with Gasteiger partial charge in [0.1, 0.15) is 6.61 Å². The van der Waals surface area contributed by atoms with Crippen LogP contribution in [0.1, 0.15) is 51.9 Å². The zero-order chi connectivity index (χ0) is 13.6. The van der Waals surface area contributed by atoms with E-state index < -0.39 is 12.8 Å². The lowest BCUT2D eigenvalue weighted by Crippen LogP contribution is -2.44. The fourth-order valence-corrected chi connectivity index (χ4v) is 2.66. The van der Waals surface area contributed by atoms with Gasteiger partial charge in [-0.2, -0.15) is 13.2 Å². The third-order valence-electron chi connectivity index (χ3n) is 3.81. The van der Waals surface area contributed by atoms with Crippen molar-refractivity contribution in [2.24, 2.45) is 11.7 Å². The van der Waals surface area contributed by atoms with Crippen LogP contribution in [0.3, 0.4) is 0 Å². The SMILES string of the molecule is CCCC1CCC(N)(CCOCC(F)(F)F)CC1. The summed E-state index contributed by atoms with van der Waals surface area (Å²) in [5, 5.41) is 0. The van der Waals surface area contributed by atoms with Crippen molar-refractivity contribution in [3.8, 4) is 0 Å². The van der Waals surface area contributed by atoms with Crippen molar-refractivity contribution in [3.63, 3.8) is 0 Å². The van der Waals surface area contributed by atoms with Crippen LogP contribution in [0.25, 0.3) is 0 Å². The summed E-state index contributed by atoms with van der Waals surface area (Å²) >= 11 is 0. The van der Waals surface area contributed by atoms with Crippen LogP contribution in [0, 0.1) is 5.92 Å². The molecule has 2 N–H and O–H groups in total. The van der Waals surface area contributed by atoms with E-state index >= 15 is 0 Å². The highest BCUT2D eigenvalue weighted by molar-refractivity contribution is 4.89. The van der Waals surface area contributed by atoms with Crippen molar-refractivity contribution in [2.75, 3.05) is 13.2 Å². The molecule has 18 heavy (non-hydrogen) atoms. The normalized spacial score (nSPS) is 29.5. The van der Waals surface area contributed by atoms with E-state index in [-0.39, 0.29) is 12.1 Å². The van der Waals surface area contributed by atoms with Gasteiger partial charge in [-0.05, 0) is 38.0 Å². The summed E-state index contributed by atoms with van der Waals surface area (Å²) in [7, 11) is 0. The van der Waals surface area contributed by atoms with Crippen LogP contribution in [0.15, 0.2) is 0 Å². The molecule has 0 saturated heterocycles. The Hall–Kier alpha value is -0.290. The Bertz CT molecular complexity index is 235. The fourth-order valence-electron chi connectivity index (χ4n) is 2.66. The number of halogens is 3. The molecule has 1 fully saturated rings. The van der Waals surface area contributed by atoms with Crippen molar-refractivity contribution in [1.82, 2.24) is 0 Å². The van der Waals surface area contributed by atoms with Crippen LogP contribution in [0.4, 0.5) is 13.2 Å². The van der Waals surface area contributed by atoms with Crippen LogP contribution in [0.2, 0.25) is 0 Å². The summed E-state index contributed by atoms with van der Waals surface area (Å²) in [6, 6.07) is 0. The Labute approximate surface area is 107 Å². The molecule has 0 aromatic heterocycles. The Morgan fingerprint density at radius 3 is 2.39 bits per heavy atom. The van der Waals surface area contributed by atoms with E-state index in [1.807, 2.05) is 0 Å². The highest BCUT2D eigenvalue weighted by atomic mass is 19.4. The van der Waals surface area contributed by atoms with Crippen LogP contribution < -0.4 is 5.73 Å². The number of hydrogen-bond acceptors (Lipinski definition) is 2. The molecule has 0 aromatic rings. The molecule has 2 nitrogen and oxygen atoms in total. The predicted molar refractivity (Wildman–Crippen MR) is 65.3 cm³/mol. The van der Waals surface area contributed by atoms with Gasteiger partial charge in [0.05, 0.1) is 0 Å². The van der Waals surface area contributed by atoms with E-state index in [2.05, 4.69) is 11.7 Å². The molecule has 0 radical (unpaired) electrons. The largest absolute Gasteiger partial charge is 0.411 e. The Morgan fingerprint density at radius 1 is 1.28 bits per heavy atom. The molecule has 1 rings (SSSR count). The maximum absolute atomic E-state index is 11.9. The Balaban J connectivity index is 2.18. The van der Waals surface area contributed by atoms with Gasteiger partial charge < -0.3 is 10.5 Å². The molecule has 0 atom stereocenters. The third-order valence-corrected chi connectivity index (χ3v) is 3.81. The van der Waals surface area contributed by atoms with E-state index in [9.17, 15) is 13.2 Å². The average Bonchev–Trinajstić information content (AvgIpc) is 2.27. The molecule has 0 unspecified atom stereocenters. The minimum Gasteiger partial charge on any atom is -0.372 e. The standard InChI is InChI=1S/C13H24F3NO/c1-2-3-11-4-6-12(17,7-5-11)8-9-18-10-13(14,15)16/h11H,2-10,17H2,1H3. The molecule has 0 aliphatic heterocycles. The molecule has 1 aliphatic carbocycles. The van der Waals surface area contributed by atoms with E-state index in [1.165, 1.54) is 12.8 Å². The highest BCUT2D eigenvalue weighted by Crippen LogP contribution is 2.34. The van der Waals surface area contributed by atoms with Crippen molar-refractivity contribution in [1.29, 1.82) is 0 Å². The summed E-state index contributed by atoms with van der Waals surface area (Å²) in [5.74, 6) is 0.753. The number of ether oxygens (including phenoxy) is 1. The molecule has 0 aromatic carbocycles. The number of nitrogens with two attached hydrogens (primary N) is 1. The summed E-state index contributed by atoms with van der Waals surface area (Å²) in [4.78, 5) is 0. The van der Waals surface area contributed by atoms with Crippen molar-refractivity contribution in [2.45, 2.75) is 63.6 Å². The Kier molecular flexibility index (Phi) is 5.92. The van der Waals surface area contributed by atoms with Gasteiger partial charge in [-0.15, -0.1) is 0 Å². The molecule has 1 aliphatic rings. The van der Waals surface area contributed by atoms with Gasteiger partial charge in [-0.25, -0.2) is 0 Å². The van der Waals surface area contributed by atoms with E-state index in [4.69, 9.17) is 5.73 Å². The van der Waals surface area contributed by atoms with Crippen LogP contribution >= 0.6 is 0 Å². The second kappa shape index (κ2) is 6.75. The molecule has 0 heterocycles. The topological polar surface area (TPSA) is 35.2 Å². The van der Waals surface area contributed by atoms with E-state index in [1.54, 1.807) is 0 Å². The lowest BCUT2D eigenvalue weighted by molar-refractivity contribution is -0.175. The van der Waals surface area contributed by atoms with Crippen molar-refractivity contribution in [3.05, 3.63) is 0 Å². The van der Waals surface area contributed by atoms with Crippen LogP contribution in [-0.2, 0) is 4.74 Å². The third kappa shape index (κ3) is 6.05. The first kappa shape index (κ1) is 15.8. The molecule has 1 saturated carbocycles. The fraction of sp³-hybridized carbons (Fsp3) is 1.00. The second-order valence-electron chi connectivity index (χ2n) is 5.51. The summed E-state index contributed by atoms with van der Waals surface area (Å²) < 4.78 is 40.3. The molecule has 5 heteroatoms. The zero-order valence-corrected chi connectivity index (χ0v) is 11.1. The minimum absolute atomic E-state index is 0.106. The number of hydrogen-bond donors (Lipinski definition) is 1. The van der Waals surface area contributed by atoms with Crippen LogP contribution in [0.5, 0.6) is 0 Å². The molecule has 0 amide bonds. The van der Waals surface area contributed by atoms with Gasteiger partial charge in [-0.3, -0.25) is 0 Å². The lowest BCUT2D eigenvalue weighted by Gasteiger charge is -2.37. The molecule has 0 spiro atoms. The average molecular weight is 267 g/mol. The minimum atomic E-state index is -4.24. The van der Waals surface area contributed by atoms with E-state index in [0.717, 1.165) is 31.6 Å². The van der Waals surface area contributed by atoms with Crippen molar-refractivity contribution < 1.29 is 17.9 Å². The first-order valence-corrected chi connectivity index (χ1v) is 6.78. The molecular formula is C13H24F3NO. The zero-order valence-electron chi connectivity index (χ0n) is 11.1. The van der Waals surface area contributed by atoms with Crippen molar-refractivity contribution >= 4 is 0 Å². The molecular weight excluding hydrogens is 243 g/mol. The van der Waals surface area contributed by atoms with Gasteiger partial charge in [0.2, 0.25) is 0 Å². The summed E-state index contributed by atoms with van der Waals surface area (Å²) in [6.45, 7) is 1.12. The maximum atomic E-state index is 11.9. The number of rotatable bonds is 6. The van der Waals surface area contributed by atoms with Gasteiger partial charge in [0.15, 0.2) is 0 Å². The smallest absolute Gasteiger partial charge is 0.372 e. The first-order chi connectivity index (χ1) is 8.35. The first-order valence-electron chi connectivity index (χ1n) is 6.78. The van der Waals surface area contributed by atoms with Gasteiger partial charge in [0.25, 0.3) is 0 Å². The monoisotopic (exact) mass is 267 g/mol. The highest BCUT2D eigenvalue weighted by Gasteiger charge is 2.32.